The standard InChI is InChI=1S/C55H35N3O/c1-3-19-44-36(12-1)14-11-23-45(44)38-26-29-41(30-27-38)57(55-54-50(32-33-56-55)48-22-6-8-25-52(48)59-54)42-17-9-15-39(34-42)40-16-10-18-43(35-40)58-51-24-7-5-21-47(51)49-31-28-37-13-2-4-20-46(37)53(49)58/h1-35H. The Morgan fingerprint density at radius 1 is 0.424 bits per heavy atom. The molecule has 12 rings (SSSR count). The second kappa shape index (κ2) is 13.3. The van der Waals surface area contributed by atoms with Gasteiger partial charge in [-0.15, -0.1) is 0 Å². The Balaban J connectivity index is 1.02. The number of rotatable bonds is 6. The van der Waals surface area contributed by atoms with Crippen LogP contribution in [0.3, 0.4) is 0 Å². The van der Waals surface area contributed by atoms with Crippen LogP contribution in [0.4, 0.5) is 17.2 Å². The highest BCUT2D eigenvalue weighted by Gasteiger charge is 2.22. The average molecular weight is 754 g/mol. The van der Waals surface area contributed by atoms with Crippen molar-refractivity contribution in [2.75, 3.05) is 4.90 Å². The van der Waals surface area contributed by atoms with Gasteiger partial charge in [0, 0.05) is 50.2 Å². The van der Waals surface area contributed by atoms with Gasteiger partial charge in [-0.1, -0.05) is 152 Å². The second-order valence-corrected chi connectivity index (χ2v) is 15.2. The van der Waals surface area contributed by atoms with E-state index in [4.69, 9.17) is 9.40 Å². The monoisotopic (exact) mass is 753 g/mol. The Bertz CT molecular complexity index is 3570. The highest BCUT2D eigenvalue weighted by atomic mass is 16.3. The maximum absolute atomic E-state index is 6.61. The Labute approximate surface area is 340 Å². The summed E-state index contributed by atoms with van der Waals surface area (Å²) in [5.41, 5.74) is 11.7. The molecule has 0 radical (unpaired) electrons. The maximum atomic E-state index is 6.61. The van der Waals surface area contributed by atoms with Gasteiger partial charge in [0.25, 0.3) is 0 Å². The minimum absolute atomic E-state index is 0.736. The SMILES string of the molecule is c1cc(-c2cccc(-n3c4ccccc4c4ccc5ccccc5c43)c2)cc(N(c2ccc(-c3cccc4ccccc34)cc2)c2nccc3c2oc2ccccc23)c1. The van der Waals surface area contributed by atoms with Gasteiger partial charge in [0.05, 0.1) is 11.0 Å². The normalized spacial score (nSPS) is 11.7. The molecule has 0 N–H and O–H groups in total. The minimum Gasteiger partial charge on any atom is -0.452 e. The number of para-hydroxylation sites is 2. The molecule has 3 heterocycles. The molecule has 0 spiro atoms. The third-order valence-corrected chi connectivity index (χ3v) is 11.8. The maximum Gasteiger partial charge on any atom is 0.181 e. The zero-order chi connectivity index (χ0) is 38.9. The largest absolute Gasteiger partial charge is 0.452 e. The number of fused-ring (bicyclic) bond motifs is 9. The Morgan fingerprint density at radius 3 is 1.97 bits per heavy atom. The van der Waals surface area contributed by atoms with E-state index in [2.05, 4.69) is 198 Å². The zero-order valence-electron chi connectivity index (χ0n) is 32.0. The summed E-state index contributed by atoms with van der Waals surface area (Å²) in [6, 6.07) is 73.7. The number of aromatic nitrogens is 2. The first-order chi connectivity index (χ1) is 29.3. The predicted octanol–water partition coefficient (Wildman–Crippen LogP) is 15.2. The minimum atomic E-state index is 0.736. The molecule has 4 heteroatoms. The van der Waals surface area contributed by atoms with Crippen molar-refractivity contribution >= 4 is 82.5 Å². The van der Waals surface area contributed by atoms with Crippen molar-refractivity contribution in [1.29, 1.82) is 0 Å². The highest BCUT2D eigenvalue weighted by molar-refractivity contribution is 6.18. The van der Waals surface area contributed by atoms with E-state index in [1.165, 1.54) is 48.9 Å². The lowest BCUT2D eigenvalue weighted by Gasteiger charge is -2.25. The molecule has 9 aromatic carbocycles. The van der Waals surface area contributed by atoms with E-state index < -0.39 is 0 Å². The van der Waals surface area contributed by atoms with Gasteiger partial charge in [-0.25, -0.2) is 4.98 Å². The van der Waals surface area contributed by atoms with Crippen LogP contribution in [-0.2, 0) is 0 Å². The number of anilines is 3. The van der Waals surface area contributed by atoms with Gasteiger partial charge in [0.1, 0.15) is 5.58 Å². The molecule has 0 saturated carbocycles. The van der Waals surface area contributed by atoms with E-state index in [9.17, 15) is 0 Å². The van der Waals surface area contributed by atoms with Crippen LogP contribution in [0.5, 0.6) is 0 Å². The first kappa shape index (κ1) is 33.2. The molecule has 0 bridgehead atoms. The van der Waals surface area contributed by atoms with Gasteiger partial charge >= 0.3 is 0 Å². The van der Waals surface area contributed by atoms with E-state index >= 15 is 0 Å². The summed E-state index contributed by atoms with van der Waals surface area (Å²) in [5, 5.41) is 9.53. The molecule has 0 aliphatic heterocycles. The number of nitrogens with zero attached hydrogens (tertiary/aromatic N) is 3. The summed E-state index contributed by atoms with van der Waals surface area (Å²) < 4.78 is 9.04. The van der Waals surface area contributed by atoms with Crippen molar-refractivity contribution in [3.63, 3.8) is 0 Å². The summed E-state index contributed by atoms with van der Waals surface area (Å²) in [6.07, 6.45) is 1.89. The summed E-state index contributed by atoms with van der Waals surface area (Å²) >= 11 is 0. The number of furan rings is 1. The van der Waals surface area contributed by atoms with E-state index in [0.717, 1.165) is 61.5 Å². The molecule has 0 saturated heterocycles. The Kier molecular flexibility index (Phi) is 7.50. The van der Waals surface area contributed by atoms with Crippen molar-refractivity contribution in [1.82, 2.24) is 9.55 Å². The molecule has 4 nitrogen and oxygen atoms in total. The van der Waals surface area contributed by atoms with Gasteiger partial charge in [-0.3, -0.25) is 4.90 Å². The summed E-state index contributed by atoms with van der Waals surface area (Å²) in [6.45, 7) is 0. The van der Waals surface area contributed by atoms with Crippen molar-refractivity contribution in [3.8, 4) is 27.9 Å². The fourth-order valence-corrected chi connectivity index (χ4v) is 9.11. The fourth-order valence-electron chi connectivity index (χ4n) is 9.11. The van der Waals surface area contributed by atoms with Gasteiger partial charge in [0.2, 0.25) is 0 Å². The molecule has 0 aliphatic carbocycles. The van der Waals surface area contributed by atoms with Crippen LogP contribution in [0.25, 0.3) is 93.2 Å². The molecule has 0 unspecified atom stereocenters. The van der Waals surface area contributed by atoms with E-state index in [-0.39, 0.29) is 0 Å². The lowest BCUT2D eigenvalue weighted by molar-refractivity contribution is 0.667. The lowest BCUT2D eigenvalue weighted by atomic mass is 9.98. The molecule has 12 aromatic rings. The van der Waals surface area contributed by atoms with Crippen molar-refractivity contribution < 1.29 is 4.42 Å². The van der Waals surface area contributed by atoms with Crippen molar-refractivity contribution in [2.24, 2.45) is 0 Å². The summed E-state index contributed by atoms with van der Waals surface area (Å²) in [7, 11) is 0. The molecule has 3 aromatic heterocycles. The summed E-state index contributed by atoms with van der Waals surface area (Å²) in [5.74, 6) is 0.736. The molecule has 276 valence electrons. The van der Waals surface area contributed by atoms with Crippen LogP contribution in [-0.4, -0.2) is 9.55 Å². The zero-order valence-corrected chi connectivity index (χ0v) is 32.0. The molecular weight excluding hydrogens is 719 g/mol. The van der Waals surface area contributed by atoms with Gasteiger partial charge < -0.3 is 8.98 Å². The summed E-state index contributed by atoms with van der Waals surface area (Å²) in [4.78, 5) is 7.26. The number of hydrogen-bond acceptors (Lipinski definition) is 3. The average Bonchev–Trinajstić information content (AvgIpc) is 3.86. The number of hydrogen-bond donors (Lipinski definition) is 0. The van der Waals surface area contributed by atoms with Crippen LogP contribution in [0, 0.1) is 0 Å². The number of benzene rings is 9. The molecule has 0 fully saturated rings. The van der Waals surface area contributed by atoms with E-state index in [1.807, 2.05) is 24.4 Å². The quantitative estimate of drug-likeness (QED) is 0.170. The van der Waals surface area contributed by atoms with Crippen LogP contribution in [0.15, 0.2) is 217 Å². The third kappa shape index (κ3) is 5.34. The first-order valence-electron chi connectivity index (χ1n) is 20.0. The molecule has 0 aliphatic rings. The van der Waals surface area contributed by atoms with Crippen LogP contribution < -0.4 is 4.90 Å². The van der Waals surface area contributed by atoms with E-state index in [0.29, 0.717) is 0 Å². The van der Waals surface area contributed by atoms with Crippen molar-refractivity contribution in [2.45, 2.75) is 0 Å². The van der Waals surface area contributed by atoms with Crippen LogP contribution in [0.2, 0.25) is 0 Å². The highest BCUT2D eigenvalue weighted by Crippen LogP contribution is 2.43. The Hall–Kier alpha value is -7.95. The van der Waals surface area contributed by atoms with Crippen LogP contribution >= 0.6 is 0 Å². The van der Waals surface area contributed by atoms with E-state index in [1.54, 1.807) is 0 Å². The fraction of sp³-hybridized carbons (Fsp3) is 0. The van der Waals surface area contributed by atoms with Crippen molar-refractivity contribution in [3.05, 3.63) is 212 Å². The molecule has 59 heavy (non-hydrogen) atoms. The van der Waals surface area contributed by atoms with Gasteiger partial charge in [-0.05, 0) is 93.0 Å². The third-order valence-electron chi connectivity index (χ3n) is 11.8. The molecule has 0 amide bonds. The predicted molar refractivity (Wildman–Crippen MR) is 246 cm³/mol. The topological polar surface area (TPSA) is 34.2 Å². The van der Waals surface area contributed by atoms with Gasteiger partial charge in [-0.2, -0.15) is 0 Å². The van der Waals surface area contributed by atoms with Gasteiger partial charge in [0.15, 0.2) is 11.4 Å². The smallest absolute Gasteiger partial charge is 0.181 e. The molecule has 0 atom stereocenters. The second-order valence-electron chi connectivity index (χ2n) is 15.2. The number of pyridine rings is 1. The lowest BCUT2D eigenvalue weighted by Crippen LogP contribution is -2.12. The van der Waals surface area contributed by atoms with Crippen LogP contribution in [0.1, 0.15) is 0 Å². The Morgan fingerprint density at radius 2 is 1.10 bits per heavy atom. The first-order valence-corrected chi connectivity index (χ1v) is 20.0. The molecular formula is C55H35N3O.